The maximum absolute atomic E-state index is 6.03. The highest BCUT2D eigenvalue weighted by Crippen LogP contribution is 2.30. The predicted molar refractivity (Wildman–Crippen MR) is 63.6 cm³/mol. The molecule has 0 radical (unpaired) electrons. The number of hydrogen-bond donors (Lipinski definition) is 2. The molecule has 0 fully saturated rings. The van der Waals surface area contributed by atoms with E-state index in [4.69, 9.17) is 16.3 Å². The molecule has 0 spiro atoms. The first-order chi connectivity index (χ1) is 7.13. The first-order valence-electron chi connectivity index (χ1n) is 4.82. The van der Waals surface area contributed by atoms with Crippen molar-refractivity contribution in [2.24, 2.45) is 0 Å². The van der Waals surface area contributed by atoms with Gasteiger partial charge in [-0.2, -0.15) is 0 Å². The Kier molecular flexibility index (Phi) is 4.39. The van der Waals surface area contributed by atoms with Crippen LogP contribution in [0.2, 0.25) is 5.02 Å². The van der Waals surface area contributed by atoms with Gasteiger partial charge in [-0.3, -0.25) is 0 Å². The van der Waals surface area contributed by atoms with Crippen LogP contribution in [0, 0.1) is 6.92 Å². The Bertz CT molecular complexity index is 338. The fourth-order valence-electron chi connectivity index (χ4n) is 1.70. The maximum Gasteiger partial charge on any atom is 0.127 e. The first-order valence-corrected chi connectivity index (χ1v) is 5.20. The summed E-state index contributed by atoms with van der Waals surface area (Å²) in [5, 5.41) is 7.02. The van der Waals surface area contributed by atoms with E-state index < -0.39 is 0 Å². The zero-order chi connectivity index (χ0) is 11.4. The SMILES string of the molecule is CNC(NC)c1cc(Cl)cc(C)c1OC. The number of ether oxygens (including phenoxy) is 1. The average Bonchev–Trinajstić information content (AvgIpc) is 2.19. The van der Waals surface area contributed by atoms with Crippen molar-refractivity contribution in [3.63, 3.8) is 0 Å². The van der Waals surface area contributed by atoms with Crippen LogP contribution in [0.3, 0.4) is 0 Å². The molecule has 0 aliphatic rings. The summed E-state index contributed by atoms with van der Waals surface area (Å²) in [5.41, 5.74) is 2.06. The van der Waals surface area contributed by atoms with Crippen molar-refractivity contribution in [1.29, 1.82) is 0 Å². The molecule has 0 atom stereocenters. The van der Waals surface area contributed by atoms with Crippen LogP contribution in [-0.4, -0.2) is 21.2 Å². The maximum atomic E-state index is 6.03. The van der Waals surface area contributed by atoms with Gasteiger partial charge in [0, 0.05) is 10.6 Å². The smallest absolute Gasteiger partial charge is 0.127 e. The third kappa shape index (κ3) is 2.62. The highest BCUT2D eigenvalue weighted by Gasteiger charge is 2.15. The second-order valence-corrected chi connectivity index (χ2v) is 3.79. The zero-order valence-corrected chi connectivity index (χ0v) is 10.3. The summed E-state index contributed by atoms with van der Waals surface area (Å²) in [6.07, 6.45) is 0.0392. The Morgan fingerprint density at radius 2 is 1.87 bits per heavy atom. The lowest BCUT2D eigenvalue weighted by atomic mass is 10.1. The van der Waals surface area contributed by atoms with Gasteiger partial charge in [-0.05, 0) is 38.7 Å². The van der Waals surface area contributed by atoms with Crippen molar-refractivity contribution in [2.75, 3.05) is 21.2 Å². The molecule has 15 heavy (non-hydrogen) atoms. The van der Waals surface area contributed by atoms with E-state index in [9.17, 15) is 0 Å². The predicted octanol–water partition coefficient (Wildman–Crippen LogP) is 2.09. The second-order valence-electron chi connectivity index (χ2n) is 3.36. The summed E-state index contributed by atoms with van der Waals surface area (Å²) in [4.78, 5) is 0. The molecule has 1 rings (SSSR count). The Morgan fingerprint density at radius 3 is 2.33 bits per heavy atom. The van der Waals surface area contributed by atoms with Crippen LogP contribution in [0.15, 0.2) is 12.1 Å². The number of aryl methyl sites for hydroxylation is 1. The monoisotopic (exact) mass is 228 g/mol. The quantitative estimate of drug-likeness (QED) is 0.775. The lowest BCUT2D eigenvalue weighted by Crippen LogP contribution is -2.29. The van der Waals surface area contributed by atoms with Gasteiger partial charge >= 0.3 is 0 Å². The van der Waals surface area contributed by atoms with Crippen LogP contribution in [0.25, 0.3) is 0 Å². The normalized spacial score (nSPS) is 10.8. The summed E-state index contributed by atoms with van der Waals surface area (Å²) < 4.78 is 5.38. The standard InChI is InChI=1S/C11H17ClN2O/c1-7-5-8(12)6-9(10(7)15-4)11(13-2)14-3/h5-6,11,13-14H,1-4H3. The van der Waals surface area contributed by atoms with Crippen LogP contribution in [-0.2, 0) is 0 Å². The van der Waals surface area contributed by atoms with Crippen LogP contribution in [0.4, 0.5) is 0 Å². The molecule has 2 N–H and O–H groups in total. The lowest BCUT2D eigenvalue weighted by Gasteiger charge is -2.20. The molecule has 0 heterocycles. The van der Waals surface area contributed by atoms with Crippen molar-refractivity contribution >= 4 is 11.6 Å². The van der Waals surface area contributed by atoms with E-state index in [-0.39, 0.29) is 6.17 Å². The van der Waals surface area contributed by atoms with Crippen LogP contribution in [0.1, 0.15) is 17.3 Å². The number of methoxy groups -OCH3 is 1. The molecule has 0 bridgehead atoms. The number of nitrogens with one attached hydrogen (secondary N) is 2. The van der Waals surface area contributed by atoms with E-state index in [1.165, 1.54) is 0 Å². The number of rotatable bonds is 4. The fourth-order valence-corrected chi connectivity index (χ4v) is 1.99. The number of halogens is 1. The highest BCUT2D eigenvalue weighted by atomic mass is 35.5. The molecular formula is C11H17ClN2O. The Morgan fingerprint density at radius 1 is 1.27 bits per heavy atom. The minimum absolute atomic E-state index is 0.0392. The second kappa shape index (κ2) is 5.35. The van der Waals surface area contributed by atoms with Gasteiger partial charge in [0.05, 0.1) is 13.3 Å². The lowest BCUT2D eigenvalue weighted by molar-refractivity contribution is 0.392. The van der Waals surface area contributed by atoms with Crippen molar-refractivity contribution < 1.29 is 4.74 Å². The zero-order valence-electron chi connectivity index (χ0n) is 9.52. The van der Waals surface area contributed by atoms with Crippen LogP contribution >= 0.6 is 11.6 Å². The fraction of sp³-hybridized carbons (Fsp3) is 0.455. The average molecular weight is 229 g/mol. The molecule has 1 aromatic rings. The Balaban J connectivity index is 3.24. The van der Waals surface area contributed by atoms with Crippen molar-refractivity contribution in [2.45, 2.75) is 13.1 Å². The summed E-state index contributed by atoms with van der Waals surface area (Å²) in [6.45, 7) is 1.98. The molecule has 84 valence electrons. The van der Waals surface area contributed by atoms with Crippen molar-refractivity contribution in [1.82, 2.24) is 10.6 Å². The summed E-state index contributed by atoms with van der Waals surface area (Å²) >= 11 is 6.03. The van der Waals surface area contributed by atoms with E-state index >= 15 is 0 Å². The summed E-state index contributed by atoms with van der Waals surface area (Å²) in [5.74, 6) is 0.869. The molecule has 0 aromatic heterocycles. The van der Waals surface area contributed by atoms with E-state index in [0.29, 0.717) is 0 Å². The molecular weight excluding hydrogens is 212 g/mol. The van der Waals surface area contributed by atoms with Gasteiger partial charge in [0.15, 0.2) is 0 Å². The van der Waals surface area contributed by atoms with E-state index in [2.05, 4.69) is 10.6 Å². The minimum Gasteiger partial charge on any atom is -0.496 e. The molecule has 0 saturated heterocycles. The van der Waals surface area contributed by atoms with Gasteiger partial charge < -0.3 is 15.4 Å². The van der Waals surface area contributed by atoms with Crippen molar-refractivity contribution in [3.8, 4) is 5.75 Å². The molecule has 0 aliphatic heterocycles. The first kappa shape index (κ1) is 12.3. The number of hydrogen-bond acceptors (Lipinski definition) is 3. The van der Waals surface area contributed by atoms with Crippen LogP contribution < -0.4 is 15.4 Å². The Labute approximate surface area is 95.8 Å². The third-order valence-corrected chi connectivity index (χ3v) is 2.58. The van der Waals surface area contributed by atoms with E-state index in [1.54, 1.807) is 7.11 Å². The molecule has 3 nitrogen and oxygen atoms in total. The summed E-state index contributed by atoms with van der Waals surface area (Å²) in [6, 6.07) is 3.80. The largest absolute Gasteiger partial charge is 0.496 e. The van der Waals surface area contributed by atoms with E-state index in [0.717, 1.165) is 21.9 Å². The van der Waals surface area contributed by atoms with Gasteiger partial charge in [0.2, 0.25) is 0 Å². The van der Waals surface area contributed by atoms with Gasteiger partial charge in [-0.1, -0.05) is 11.6 Å². The molecule has 0 unspecified atom stereocenters. The number of benzene rings is 1. The minimum atomic E-state index is 0.0392. The van der Waals surface area contributed by atoms with Gasteiger partial charge in [0.25, 0.3) is 0 Å². The van der Waals surface area contributed by atoms with Gasteiger partial charge in [0.1, 0.15) is 5.75 Å². The van der Waals surface area contributed by atoms with E-state index in [1.807, 2.05) is 33.2 Å². The van der Waals surface area contributed by atoms with Crippen LogP contribution in [0.5, 0.6) is 5.75 Å². The molecule has 1 aromatic carbocycles. The van der Waals surface area contributed by atoms with Gasteiger partial charge in [-0.15, -0.1) is 0 Å². The molecule has 0 aliphatic carbocycles. The molecule has 0 saturated carbocycles. The molecule has 4 heteroatoms. The van der Waals surface area contributed by atoms with Gasteiger partial charge in [-0.25, -0.2) is 0 Å². The third-order valence-electron chi connectivity index (χ3n) is 2.36. The van der Waals surface area contributed by atoms with Crippen molar-refractivity contribution in [3.05, 3.63) is 28.3 Å². The highest BCUT2D eigenvalue weighted by molar-refractivity contribution is 6.30. The summed E-state index contributed by atoms with van der Waals surface area (Å²) in [7, 11) is 5.44. The topological polar surface area (TPSA) is 33.3 Å². The Hall–Kier alpha value is -0.770. The molecule has 0 amide bonds.